The number of anilines is 1. The van der Waals surface area contributed by atoms with Gasteiger partial charge in [0.1, 0.15) is 23.1 Å². The summed E-state index contributed by atoms with van der Waals surface area (Å²) < 4.78 is 10.8. The third-order valence-electron chi connectivity index (χ3n) is 3.38. The van der Waals surface area contributed by atoms with E-state index in [0.717, 1.165) is 5.56 Å². The standard InChI is InChI=1S/C16H18N2O2/c1-9(2)11-5-6-14(19-4)12(7-11)15-10(3)20-16(18)13(15)8-17/h5-7,9H,18H2,1-4H3. The van der Waals surface area contributed by atoms with Crippen molar-refractivity contribution in [3.05, 3.63) is 35.1 Å². The Labute approximate surface area is 118 Å². The van der Waals surface area contributed by atoms with Gasteiger partial charge in [0, 0.05) is 11.1 Å². The lowest BCUT2D eigenvalue weighted by Gasteiger charge is -2.12. The molecule has 1 heterocycles. The van der Waals surface area contributed by atoms with Crippen LogP contribution in [-0.4, -0.2) is 7.11 Å². The van der Waals surface area contributed by atoms with E-state index in [-0.39, 0.29) is 5.88 Å². The van der Waals surface area contributed by atoms with Crippen molar-refractivity contribution in [3.63, 3.8) is 0 Å². The van der Waals surface area contributed by atoms with E-state index < -0.39 is 0 Å². The molecule has 4 heteroatoms. The number of ether oxygens (including phenoxy) is 1. The molecule has 0 radical (unpaired) electrons. The molecule has 1 aromatic heterocycles. The molecule has 2 aromatic rings. The summed E-state index contributed by atoms with van der Waals surface area (Å²) in [5.41, 5.74) is 8.84. The van der Waals surface area contributed by atoms with Crippen molar-refractivity contribution in [1.82, 2.24) is 0 Å². The van der Waals surface area contributed by atoms with Gasteiger partial charge in [0.15, 0.2) is 0 Å². The fourth-order valence-corrected chi connectivity index (χ4v) is 2.28. The first-order valence-electron chi connectivity index (χ1n) is 6.46. The number of nitriles is 1. The van der Waals surface area contributed by atoms with Crippen LogP contribution in [0.1, 0.15) is 36.7 Å². The lowest BCUT2D eigenvalue weighted by atomic mass is 9.95. The number of rotatable bonds is 3. The summed E-state index contributed by atoms with van der Waals surface area (Å²) in [5, 5.41) is 9.29. The highest BCUT2D eigenvalue weighted by molar-refractivity contribution is 5.81. The molecular weight excluding hydrogens is 252 g/mol. The van der Waals surface area contributed by atoms with Gasteiger partial charge in [-0.15, -0.1) is 0 Å². The zero-order valence-electron chi connectivity index (χ0n) is 12.2. The maximum atomic E-state index is 9.29. The van der Waals surface area contributed by atoms with E-state index in [9.17, 15) is 5.26 Å². The maximum Gasteiger partial charge on any atom is 0.209 e. The van der Waals surface area contributed by atoms with Crippen LogP contribution in [0, 0.1) is 18.3 Å². The predicted octanol–water partition coefficient (Wildman–Crippen LogP) is 3.84. The molecule has 0 bridgehead atoms. The van der Waals surface area contributed by atoms with Crippen LogP contribution in [-0.2, 0) is 0 Å². The number of aryl methyl sites for hydroxylation is 1. The Morgan fingerprint density at radius 1 is 1.35 bits per heavy atom. The summed E-state index contributed by atoms with van der Waals surface area (Å²) in [6.45, 7) is 6.04. The van der Waals surface area contributed by atoms with Crippen LogP contribution in [0.3, 0.4) is 0 Å². The second kappa shape index (κ2) is 5.30. The molecule has 0 aliphatic rings. The molecule has 4 nitrogen and oxygen atoms in total. The van der Waals surface area contributed by atoms with E-state index in [1.165, 1.54) is 5.56 Å². The van der Waals surface area contributed by atoms with Crippen LogP contribution in [0.2, 0.25) is 0 Å². The normalized spacial score (nSPS) is 10.6. The number of benzene rings is 1. The number of methoxy groups -OCH3 is 1. The minimum atomic E-state index is 0.150. The maximum absolute atomic E-state index is 9.29. The third kappa shape index (κ3) is 2.23. The van der Waals surface area contributed by atoms with Gasteiger partial charge >= 0.3 is 0 Å². The fourth-order valence-electron chi connectivity index (χ4n) is 2.28. The van der Waals surface area contributed by atoms with Crippen molar-refractivity contribution in [2.75, 3.05) is 12.8 Å². The van der Waals surface area contributed by atoms with Crippen LogP contribution in [0.5, 0.6) is 5.75 Å². The van der Waals surface area contributed by atoms with Crippen LogP contribution >= 0.6 is 0 Å². The first-order chi connectivity index (χ1) is 9.49. The van der Waals surface area contributed by atoms with E-state index in [0.29, 0.717) is 28.6 Å². The Morgan fingerprint density at radius 3 is 2.60 bits per heavy atom. The van der Waals surface area contributed by atoms with E-state index in [4.69, 9.17) is 14.9 Å². The minimum Gasteiger partial charge on any atom is -0.496 e. The summed E-state index contributed by atoms with van der Waals surface area (Å²) in [5.74, 6) is 1.86. The van der Waals surface area contributed by atoms with Crippen LogP contribution in [0.4, 0.5) is 5.88 Å². The van der Waals surface area contributed by atoms with Gasteiger partial charge in [-0.2, -0.15) is 5.26 Å². The Kier molecular flexibility index (Phi) is 3.71. The number of nitrogens with two attached hydrogens (primary N) is 1. The first kappa shape index (κ1) is 14.0. The molecule has 0 spiro atoms. The van der Waals surface area contributed by atoms with Crippen molar-refractivity contribution in [3.8, 4) is 22.9 Å². The van der Waals surface area contributed by atoms with Gasteiger partial charge in [-0.3, -0.25) is 0 Å². The topological polar surface area (TPSA) is 72.2 Å². The molecule has 0 atom stereocenters. The van der Waals surface area contributed by atoms with Gasteiger partial charge in [0.25, 0.3) is 0 Å². The Hall–Kier alpha value is -2.41. The van der Waals surface area contributed by atoms with Crippen molar-refractivity contribution in [1.29, 1.82) is 5.26 Å². The summed E-state index contributed by atoms with van der Waals surface area (Å²) in [6.07, 6.45) is 0. The summed E-state index contributed by atoms with van der Waals surface area (Å²) >= 11 is 0. The first-order valence-corrected chi connectivity index (χ1v) is 6.46. The Bertz CT molecular complexity index is 679. The molecule has 2 N–H and O–H groups in total. The van der Waals surface area contributed by atoms with Gasteiger partial charge in [0.2, 0.25) is 5.88 Å². The van der Waals surface area contributed by atoms with Crippen LogP contribution in [0.25, 0.3) is 11.1 Å². The molecule has 0 saturated heterocycles. The Balaban J connectivity index is 2.74. The zero-order valence-corrected chi connectivity index (χ0v) is 12.2. The predicted molar refractivity (Wildman–Crippen MR) is 78.6 cm³/mol. The van der Waals surface area contributed by atoms with Crippen LogP contribution in [0.15, 0.2) is 22.6 Å². The molecule has 0 aliphatic heterocycles. The van der Waals surface area contributed by atoms with Gasteiger partial charge in [-0.05, 0) is 30.5 Å². The second-order valence-corrected chi connectivity index (χ2v) is 5.00. The van der Waals surface area contributed by atoms with Gasteiger partial charge in [-0.1, -0.05) is 19.9 Å². The van der Waals surface area contributed by atoms with Gasteiger partial charge in [0.05, 0.1) is 7.11 Å². The molecule has 104 valence electrons. The number of furan rings is 1. The van der Waals surface area contributed by atoms with Crippen molar-refractivity contribution >= 4 is 5.88 Å². The summed E-state index contributed by atoms with van der Waals surface area (Å²) in [4.78, 5) is 0. The summed E-state index contributed by atoms with van der Waals surface area (Å²) in [7, 11) is 1.61. The minimum absolute atomic E-state index is 0.150. The third-order valence-corrected chi connectivity index (χ3v) is 3.38. The van der Waals surface area contributed by atoms with E-state index in [1.54, 1.807) is 14.0 Å². The highest BCUT2D eigenvalue weighted by Crippen LogP contribution is 2.39. The SMILES string of the molecule is COc1ccc(C(C)C)cc1-c1c(C)oc(N)c1C#N. The zero-order chi connectivity index (χ0) is 14.9. The lowest BCUT2D eigenvalue weighted by Crippen LogP contribution is -1.94. The van der Waals surface area contributed by atoms with Gasteiger partial charge in [-0.25, -0.2) is 0 Å². The quantitative estimate of drug-likeness (QED) is 0.919. The lowest BCUT2D eigenvalue weighted by molar-refractivity contribution is 0.416. The molecule has 20 heavy (non-hydrogen) atoms. The smallest absolute Gasteiger partial charge is 0.209 e. The number of hydrogen-bond acceptors (Lipinski definition) is 4. The average Bonchev–Trinajstić information content (AvgIpc) is 2.71. The molecule has 0 saturated carbocycles. The number of nitrogen functional groups attached to an aromatic ring is 1. The van der Waals surface area contributed by atoms with Crippen LogP contribution < -0.4 is 10.5 Å². The molecular formula is C16H18N2O2. The van der Waals surface area contributed by atoms with E-state index in [1.807, 2.05) is 18.2 Å². The molecule has 2 rings (SSSR count). The van der Waals surface area contributed by atoms with Gasteiger partial charge < -0.3 is 14.9 Å². The van der Waals surface area contributed by atoms with Crippen molar-refractivity contribution in [2.24, 2.45) is 0 Å². The number of nitrogens with zero attached hydrogens (tertiary/aromatic N) is 1. The fraction of sp³-hybridized carbons (Fsp3) is 0.312. The number of hydrogen-bond donors (Lipinski definition) is 1. The molecule has 0 aliphatic carbocycles. The van der Waals surface area contributed by atoms with E-state index in [2.05, 4.69) is 19.9 Å². The second-order valence-electron chi connectivity index (χ2n) is 5.00. The molecule has 0 unspecified atom stereocenters. The monoisotopic (exact) mass is 270 g/mol. The Morgan fingerprint density at radius 2 is 2.05 bits per heavy atom. The van der Waals surface area contributed by atoms with Crippen molar-refractivity contribution in [2.45, 2.75) is 26.7 Å². The highest BCUT2D eigenvalue weighted by atomic mass is 16.5. The van der Waals surface area contributed by atoms with E-state index >= 15 is 0 Å². The highest BCUT2D eigenvalue weighted by Gasteiger charge is 2.21. The largest absolute Gasteiger partial charge is 0.496 e. The average molecular weight is 270 g/mol. The molecule has 0 amide bonds. The summed E-state index contributed by atoms with van der Waals surface area (Å²) in [6, 6.07) is 8.08. The van der Waals surface area contributed by atoms with Crippen molar-refractivity contribution < 1.29 is 9.15 Å². The molecule has 0 fully saturated rings. The molecule has 1 aromatic carbocycles.